The number of nitrogens with zero attached hydrogens (tertiary/aromatic N) is 2. The van der Waals surface area contributed by atoms with Gasteiger partial charge in [-0.2, -0.15) is 0 Å². The molecular formula is C20H22FN3O4. The number of ether oxygens (including phenoxy) is 1. The van der Waals surface area contributed by atoms with Gasteiger partial charge >= 0.3 is 5.97 Å². The second-order valence-corrected chi connectivity index (χ2v) is 8.30. The van der Waals surface area contributed by atoms with E-state index in [0.29, 0.717) is 24.3 Å². The summed E-state index contributed by atoms with van der Waals surface area (Å²) in [6.07, 6.45) is 5.20. The average molecular weight is 387 g/mol. The lowest BCUT2D eigenvalue weighted by Crippen LogP contribution is -2.30. The van der Waals surface area contributed by atoms with Crippen LogP contribution in [0.5, 0.6) is 5.75 Å². The van der Waals surface area contributed by atoms with E-state index in [1.54, 1.807) is 4.57 Å². The van der Waals surface area contributed by atoms with Gasteiger partial charge in [0.15, 0.2) is 11.6 Å². The van der Waals surface area contributed by atoms with Gasteiger partial charge in [-0.15, -0.1) is 0 Å². The Labute approximate surface area is 160 Å². The van der Waals surface area contributed by atoms with Gasteiger partial charge < -0.3 is 25.0 Å². The second-order valence-electron chi connectivity index (χ2n) is 8.30. The Bertz CT molecular complexity index is 1070. The molecule has 148 valence electrons. The van der Waals surface area contributed by atoms with Crippen LogP contribution in [-0.4, -0.2) is 41.9 Å². The fourth-order valence-electron chi connectivity index (χ4n) is 4.58. The number of carbonyl (C=O) groups is 1. The van der Waals surface area contributed by atoms with E-state index in [0.717, 1.165) is 31.7 Å². The number of anilines is 1. The van der Waals surface area contributed by atoms with Crippen molar-refractivity contribution in [3.05, 3.63) is 33.9 Å². The highest BCUT2D eigenvalue weighted by molar-refractivity contribution is 5.97. The summed E-state index contributed by atoms with van der Waals surface area (Å²) in [7, 11) is 1.45. The fourth-order valence-corrected chi connectivity index (χ4v) is 4.58. The number of pyridine rings is 1. The summed E-state index contributed by atoms with van der Waals surface area (Å²) in [6, 6.07) is 1.22. The number of nitrogens with two attached hydrogens (primary N) is 1. The third kappa shape index (κ3) is 2.37. The molecule has 1 saturated heterocycles. The smallest absolute Gasteiger partial charge is 0.341 e. The molecule has 7 nitrogen and oxygen atoms in total. The number of carboxylic acids is 1. The quantitative estimate of drug-likeness (QED) is 0.834. The Morgan fingerprint density at radius 1 is 1.39 bits per heavy atom. The molecule has 0 bridgehead atoms. The van der Waals surface area contributed by atoms with Crippen LogP contribution in [0, 0.1) is 11.2 Å². The molecule has 2 aromatic rings. The molecule has 0 unspecified atom stereocenters. The van der Waals surface area contributed by atoms with E-state index in [2.05, 4.69) is 0 Å². The van der Waals surface area contributed by atoms with Crippen molar-refractivity contribution in [1.82, 2.24) is 4.57 Å². The van der Waals surface area contributed by atoms with Gasteiger partial charge in [-0.3, -0.25) is 4.79 Å². The highest BCUT2D eigenvalue weighted by atomic mass is 19.1. The number of rotatable bonds is 4. The van der Waals surface area contributed by atoms with Gasteiger partial charge in [0.25, 0.3) is 0 Å². The van der Waals surface area contributed by atoms with Gasteiger partial charge in [-0.1, -0.05) is 0 Å². The number of aromatic nitrogens is 1. The minimum Gasteiger partial charge on any atom is -0.492 e. The monoisotopic (exact) mass is 387 g/mol. The first kappa shape index (κ1) is 17.5. The normalized spacial score (nSPS) is 22.8. The van der Waals surface area contributed by atoms with Crippen LogP contribution in [0.4, 0.5) is 10.1 Å². The summed E-state index contributed by atoms with van der Waals surface area (Å²) in [6.45, 7) is 1.19. The SMILES string of the molecule is COc1c(N2C[C@@H](N)C3(CC3)C2)c(F)cc2c(=O)c(C(=O)O)cn(C3CC3)c12. The molecule has 3 N–H and O–H groups in total. The van der Waals surface area contributed by atoms with E-state index >= 15 is 4.39 Å². The van der Waals surface area contributed by atoms with Crippen molar-refractivity contribution in [3.63, 3.8) is 0 Å². The zero-order chi connectivity index (χ0) is 19.8. The maximum absolute atomic E-state index is 15.2. The number of halogens is 1. The van der Waals surface area contributed by atoms with Gasteiger partial charge in [0.2, 0.25) is 5.43 Å². The zero-order valence-corrected chi connectivity index (χ0v) is 15.6. The van der Waals surface area contributed by atoms with Crippen molar-refractivity contribution in [3.8, 4) is 5.75 Å². The Morgan fingerprint density at radius 3 is 2.64 bits per heavy atom. The van der Waals surface area contributed by atoms with Crippen LogP contribution in [0.2, 0.25) is 0 Å². The number of fused-ring (bicyclic) bond motifs is 1. The molecule has 2 aliphatic carbocycles. The third-order valence-electron chi connectivity index (χ3n) is 6.49. The van der Waals surface area contributed by atoms with Crippen LogP contribution in [-0.2, 0) is 0 Å². The average Bonchev–Trinajstić information content (AvgIpc) is 3.55. The van der Waals surface area contributed by atoms with E-state index in [4.69, 9.17) is 10.5 Å². The van der Waals surface area contributed by atoms with E-state index < -0.39 is 17.2 Å². The highest BCUT2D eigenvalue weighted by Crippen LogP contribution is 2.54. The minimum atomic E-state index is -1.31. The molecular weight excluding hydrogens is 365 g/mol. The van der Waals surface area contributed by atoms with Crippen LogP contribution in [0.1, 0.15) is 42.1 Å². The largest absolute Gasteiger partial charge is 0.492 e. The number of hydrogen-bond acceptors (Lipinski definition) is 5. The maximum Gasteiger partial charge on any atom is 0.341 e. The first-order valence-corrected chi connectivity index (χ1v) is 9.55. The van der Waals surface area contributed by atoms with Gasteiger partial charge in [0.05, 0.1) is 18.0 Å². The molecule has 3 fully saturated rings. The molecule has 2 saturated carbocycles. The topological polar surface area (TPSA) is 97.8 Å². The summed E-state index contributed by atoms with van der Waals surface area (Å²) in [5, 5.41) is 9.44. The summed E-state index contributed by atoms with van der Waals surface area (Å²) in [4.78, 5) is 26.2. The number of benzene rings is 1. The van der Waals surface area contributed by atoms with Crippen LogP contribution < -0.4 is 20.8 Å². The summed E-state index contributed by atoms with van der Waals surface area (Å²) in [5.41, 5.74) is 6.07. The van der Waals surface area contributed by atoms with Crippen molar-refractivity contribution in [2.75, 3.05) is 25.1 Å². The third-order valence-corrected chi connectivity index (χ3v) is 6.49. The van der Waals surface area contributed by atoms with Gasteiger partial charge in [0.1, 0.15) is 11.3 Å². The molecule has 28 heavy (non-hydrogen) atoms. The lowest BCUT2D eigenvalue weighted by atomic mass is 10.0. The lowest BCUT2D eigenvalue weighted by molar-refractivity contribution is 0.0695. The van der Waals surface area contributed by atoms with Gasteiger partial charge in [-0.25, -0.2) is 9.18 Å². The van der Waals surface area contributed by atoms with Crippen LogP contribution in [0.3, 0.4) is 0 Å². The summed E-state index contributed by atoms with van der Waals surface area (Å²) < 4.78 is 22.6. The zero-order valence-electron chi connectivity index (χ0n) is 15.6. The molecule has 1 aliphatic heterocycles. The lowest BCUT2D eigenvalue weighted by Gasteiger charge is -2.24. The summed E-state index contributed by atoms with van der Waals surface area (Å²) >= 11 is 0. The molecule has 1 aromatic carbocycles. The second kappa shape index (κ2) is 5.70. The number of aromatic carboxylic acids is 1. The minimum absolute atomic E-state index is 0.0210. The van der Waals surface area contributed by atoms with E-state index in [1.165, 1.54) is 13.3 Å². The van der Waals surface area contributed by atoms with Gasteiger partial charge in [0, 0.05) is 36.8 Å². The first-order valence-electron chi connectivity index (χ1n) is 9.55. The highest BCUT2D eigenvalue weighted by Gasteiger charge is 2.54. The van der Waals surface area contributed by atoms with Crippen molar-refractivity contribution >= 4 is 22.6 Å². The summed E-state index contributed by atoms with van der Waals surface area (Å²) in [5.74, 6) is -1.62. The molecule has 1 aromatic heterocycles. The van der Waals surface area contributed by atoms with E-state index in [-0.39, 0.29) is 34.2 Å². The van der Waals surface area contributed by atoms with Crippen LogP contribution >= 0.6 is 0 Å². The van der Waals surface area contributed by atoms with Crippen molar-refractivity contribution < 1.29 is 19.0 Å². The Morgan fingerprint density at radius 2 is 2.11 bits per heavy atom. The fraction of sp³-hybridized carbons (Fsp3) is 0.500. The molecule has 1 spiro atoms. The van der Waals surface area contributed by atoms with Crippen molar-refractivity contribution in [2.45, 2.75) is 37.8 Å². The van der Waals surface area contributed by atoms with Gasteiger partial charge in [-0.05, 0) is 31.7 Å². The standard InChI is InChI=1S/C20H22FN3O4/c1-28-18-15-11(17(25)12(19(26)27)7-24(15)10-2-3-10)6-13(21)16(18)23-8-14(22)20(9-23)4-5-20/h6-7,10,14H,2-5,8-9,22H2,1H3,(H,26,27)/t14-/m1/s1. The number of methoxy groups -OCH3 is 1. The predicted octanol–water partition coefficient (Wildman–Crippen LogP) is 2.11. The van der Waals surface area contributed by atoms with Crippen molar-refractivity contribution in [2.24, 2.45) is 11.1 Å². The molecule has 0 radical (unpaired) electrons. The molecule has 1 atom stereocenters. The Balaban J connectivity index is 1.78. The van der Waals surface area contributed by atoms with E-state index in [9.17, 15) is 14.7 Å². The molecule has 0 amide bonds. The molecule has 8 heteroatoms. The molecule has 2 heterocycles. The first-order chi connectivity index (χ1) is 13.4. The Hall–Kier alpha value is -2.61. The maximum atomic E-state index is 15.2. The predicted molar refractivity (Wildman–Crippen MR) is 102 cm³/mol. The number of hydrogen-bond donors (Lipinski definition) is 2. The molecule has 5 rings (SSSR count). The Kier molecular flexibility index (Phi) is 3.56. The number of carboxylic acid groups (broad SMARTS) is 1. The molecule has 3 aliphatic rings. The van der Waals surface area contributed by atoms with Crippen LogP contribution in [0.15, 0.2) is 17.1 Å². The van der Waals surface area contributed by atoms with Crippen molar-refractivity contribution in [1.29, 1.82) is 0 Å². The van der Waals surface area contributed by atoms with Crippen LogP contribution in [0.25, 0.3) is 10.9 Å². The van der Waals surface area contributed by atoms with E-state index in [1.807, 2.05) is 4.90 Å².